The van der Waals surface area contributed by atoms with E-state index in [1.807, 2.05) is 12.1 Å². The van der Waals surface area contributed by atoms with E-state index in [1.54, 1.807) is 17.7 Å². The van der Waals surface area contributed by atoms with Crippen LogP contribution in [0.15, 0.2) is 45.6 Å². The van der Waals surface area contributed by atoms with Gasteiger partial charge in [0.15, 0.2) is 4.34 Å². The summed E-state index contributed by atoms with van der Waals surface area (Å²) in [5, 5.41) is 11.1. The van der Waals surface area contributed by atoms with E-state index in [0.717, 1.165) is 9.24 Å². The third-order valence-electron chi connectivity index (χ3n) is 2.33. The summed E-state index contributed by atoms with van der Waals surface area (Å²) in [5.74, 6) is -0.0505. The first-order chi connectivity index (χ1) is 9.69. The molecule has 20 heavy (non-hydrogen) atoms. The van der Waals surface area contributed by atoms with Crippen LogP contribution in [-0.4, -0.2) is 16.1 Å². The van der Waals surface area contributed by atoms with E-state index in [4.69, 9.17) is 11.6 Å². The second kappa shape index (κ2) is 7.42. The average Bonchev–Trinajstić information content (AvgIpc) is 2.92. The number of halogens is 1. The molecule has 0 bridgehead atoms. The number of anilines is 1. The molecular weight excluding hydrogens is 314 g/mol. The van der Waals surface area contributed by atoms with E-state index in [9.17, 15) is 4.79 Å². The molecule has 1 N–H and O–H groups in total. The molecule has 0 aliphatic heterocycles. The predicted molar refractivity (Wildman–Crippen MR) is 83.5 cm³/mol. The van der Waals surface area contributed by atoms with Crippen LogP contribution in [0.25, 0.3) is 0 Å². The second-order valence-corrected chi connectivity index (χ2v) is 6.36. The van der Waals surface area contributed by atoms with E-state index in [0.29, 0.717) is 23.6 Å². The summed E-state index contributed by atoms with van der Waals surface area (Å²) in [4.78, 5) is 12.5. The minimum Gasteiger partial charge on any atom is -0.326 e. The maximum atomic E-state index is 11.6. The number of benzene rings is 1. The maximum Gasteiger partial charge on any atom is 0.224 e. The van der Waals surface area contributed by atoms with Crippen LogP contribution in [0.1, 0.15) is 12.8 Å². The van der Waals surface area contributed by atoms with Gasteiger partial charge in [-0.3, -0.25) is 4.79 Å². The van der Waals surface area contributed by atoms with E-state index in [-0.39, 0.29) is 5.91 Å². The molecule has 1 aromatic heterocycles. The van der Waals surface area contributed by atoms with Gasteiger partial charge in [0.05, 0.1) is 5.02 Å². The maximum absolute atomic E-state index is 11.6. The van der Waals surface area contributed by atoms with Crippen molar-refractivity contribution in [3.05, 3.63) is 41.4 Å². The third kappa shape index (κ3) is 4.33. The summed E-state index contributed by atoms with van der Waals surface area (Å²) in [7, 11) is 0. The predicted octanol–water partition coefficient (Wildman–Crippen LogP) is 4.25. The number of carbonyl (C=O) groups is 1. The Kier molecular flexibility index (Phi) is 5.58. The van der Waals surface area contributed by atoms with Gasteiger partial charge in [-0.2, -0.15) is 0 Å². The van der Waals surface area contributed by atoms with Crippen LogP contribution >= 0.6 is 34.7 Å². The Morgan fingerprint density at radius 2 is 2.40 bits per heavy atom. The Morgan fingerprint density at radius 3 is 3.05 bits per heavy atom. The van der Waals surface area contributed by atoms with Crippen molar-refractivity contribution in [1.82, 2.24) is 10.2 Å². The monoisotopic (exact) mass is 325 g/mol. The van der Waals surface area contributed by atoms with Crippen molar-refractivity contribution in [2.75, 3.05) is 5.32 Å². The highest BCUT2D eigenvalue weighted by molar-refractivity contribution is 8.01. The number of allylic oxidation sites excluding steroid dienone is 1. The first-order valence-corrected chi connectivity index (χ1v) is 7.91. The molecule has 0 unspecified atom stereocenters. The van der Waals surface area contributed by atoms with E-state index >= 15 is 0 Å². The summed E-state index contributed by atoms with van der Waals surface area (Å²) in [6, 6.07) is 5.41. The zero-order valence-electron chi connectivity index (χ0n) is 10.5. The van der Waals surface area contributed by atoms with Gasteiger partial charge in [-0.25, -0.2) is 0 Å². The van der Waals surface area contributed by atoms with Crippen LogP contribution in [0, 0.1) is 0 Å². The second-order valence-electron chi connectivity index (χ2n) is 3.83. The Balaban J connectivity index is 2.02. The lowest BCUT2D eigenvalue weighted by molar-refractivity contribution is -0.116. The standard InChI is InChI=1S/C13H12ClN3OS2/c1-2-3-4-12(18)16-9-5-6-11(10(14)7-9)20-13-17-15-8-19-13/h2,5-8H,1,3-4H2,(H,16,18). The van der Waals surface area contributed by atoms with Gasteiger partial charge in [0.25, 0.3) is 0 Å². The average molecular weight is 326 g/mol. The van der Waals surface area contributed by atoms with Crippen molar-refractivity contribution in [1.29, 1.82) is 0 Å². The fraction of sp³-hybridized carbons (Fsp3) is 0.154. The first kappa shape index (κ1) is 15.0. The van der Waals surface area contributed by atoms with Crippen LogP contribution in [0.2, 0.25) is 5.02 Å². The van der Waals surface area contributed by atoms with Gasteiger partial charge in [0, 0.05) is 17.0 Å². The number of hydrogen-bond acceptors (Lipinski definition) is 5. The van der Waals surface area contributed by atoms with Crippen LogP contribution in [-0.2, 0) is 4.79 Å². The van der Waals surface area contributed by atoms with Crippen LogP contribution < -0.4 is 5.32 Å². The zero-order valence-corrected chi connectivity index (χ0v) is 12.9. The Hall–Kier alpha value is -1.37. The van der Waals surface area contributed by atoms with Crippen molar-refractivity contribution in [3.63, 3.8) is 0 Å². The van der Waals surface area contributed by atoms with Gasteiger partial charge in [-0.15, -0.1) is 16.8 Å². The summed E-state index contributed by atoms with van der Waals surface area (Å²) in [5.41, 5.74) is 2.36. The summed E-state index contributed by atoms with van der Waals surface area (Å²) < 4.78 is 0.828. The number of rotatable bonds is 6. The molecular formula is C13H12ClN3OS2. The normalized spacial score (nSPS) is 10.2. The first-order valence-electron chi connectivity index (χ1n) is 5.83. The number of amides is 1. The minimum absolute atomic E-state index is 0.0505. The van der Waals surface area contributed by atoms with Crippen molar-refractivity contribution >= 4 is 46.3 Å². The van der Waals surface area contributed by atoms with Crippen molar-refractivity contribution in [2.45, 2.75) is 22.1 Å². The molecule has 0 atom stereocenters. The molecule has 0 radical (unpaired) electrons. The molecule has 1 amide bonds. The highest BCUT2D eigenvalue weighted by atomic mass is 35.5. The number of nitrogens with one attached hydrogen (secondary N) is 1. The molecule has 4 nitrogen and oxygen atoms in total. The molecule has 1 aromatic carbocycles. The highest BCUT2D eigenvalue weighted by Crippen LogP contribution is 2.35. The molecule has 1 heterocycles. The molecule has 0 aliphatic rings. The Labute approximate surface area is 130 Å². The molecule has 0 saturated carbocycles. The molecule has 0 fully saturated rings. The van der Waals surface area contributed by atoms with Crippen LogP contribution in [0.3, 0.4) is 0 Å². The fourth-order valence-corrected chi connectivity index (χ4v) is 3.15. The lowest BCUT2D eigenvalue weighted by Gasteiger charge is -2.07. The lowest BCUT2D eigenvalue weighted by atomic mass is 10.2. The van der Waals surface area contributed by atoms with Gasteiger partial charge in [0.1, 0.15) is 5.51 Å². The number of carbonyl (C=O) groups excluding carboxylic acids is 1. The molecule has 0 aliphatic carbocycles. The van der Waals surface area contributed by atoms with E-state index in [2.05, 4.69) is 22.1 Å². The Morgan fingerprint density at radius 1 is 1.55 bits per heavy atom. The molecule has 2 rings (SSSR count). The van der Waals surface area contributed by atoms with Gasteiger partial charge < -0.3 is 5.32 Å². The molecule has 104 valence electrons. The third-order valence-corrected chi connectivity index (χ3v) is 4.61. The molecule has 2 aromatic rings. The molecule has 0 saturated heterocycles. The van der Waals surface area contributed by atoms with E-state index in [1.165, 1.54) is 23.1 Å². The summed E-state index contributed by atoms with van der Waals surface area (Å²) in [6.07, 6.45) is 2.79. The summed E-state index contributed by atoms with van der Waals surface area (Å²) >= 11 is 9.10. The number of hydrogen-bond donors (Lipinski definition) is 1. The molecule has 7 heteroatoms. The Bertz CT molecular complexity index is 602. The summed E-state index contributed by atoms with van der Waals surface area (Å²) in [6.45, 7) is 3.59. The zero-order chi connectivity index (χ0) is 14.4. The number of nitrogens with zero attached hydrogens (tertiary/aromatic N) is 2. The van der Waals surface area contributed by atoms with Gasteiger partial charge >= 0.3 is 0 Å². The lowest BCUT2D eigenvalue weighted by Crippen LogP contribution is -2.10. The minimum atomic E-state index is -0.0505. The quantitative estimate of drug-likeness (QED) is 0.807. The van der Waals surface area contributed by atoms with Crippen LogP contribution in [0.5, 0.6) is 0 Å². The van der Waals surface area contributed by atoms with Gasteiger partial charge in [-0.1, -0.05) is 40.8 Å². The fourth-order valence-electron chi connectivity index (χ4n) is 1.42. The smallest absolute Gasteiger partial charge is 0.224 e. The molecule has 0 spiro atoms. The van der Waals surface area contributed by atoms with E-state index < -0.39 is 0 Å². The van der Waals surface area contributed by atoms with Crippen molar-refractivity contribution in [2.24, 2.45) is 0 Å². The SMILES string of the molecule is C=CCCC(=O)Nc1ccc(Sc2nncs2)c(Cl)c1. The number of aromatic nitrogens is 2. The van der Waals surface area contributed by atoms with Gasteiger partial charge in [0.2, 0.25) is 5.91 Å². The largest absolute Gasteiger partial charge is 0.326 e. The van der Waals surface area contributed by atoms with Crippen molar-refractivity contribution in [3.8, 4) is 0 Å². The van der Waals surface area contributed by atoms with Gasteiger partial charge in [-0.05, 0) is 24.6 Å². The van der Waals surface area contributed by atoms with Crippen molar-refractivity contribution < 1.29 is 4.79 Å². The highest BCUT2D eigenvalue weighted by Gasteiger charge is 2.08. The topological polar surface area (TPSA) is 54.9 Å². The van der Waals surface area contributed by atoms with Crippen LogP contribution in [0.4, 0.5) is 5.69 Å².